The number of nitrogens with zero attached hydrogens (tertiary/aromatic N) is 2. The Labute approximate surface area is 170 Å². The first kappa shape index (κ1) is 22.3. The van der Waals surface area contributed by atoms with Gasteiger partial charge < -0.3 is 25.0 Å². The molecule has 1 heterocycles. The van der Waals surface area contributed by atoms with Crippen LogP contribution in [0, 0.1) is 5.92 Å². The molecular formula is C22H38N4O2. The van der Waals surface area contributed by atoms with Gasteiger partial charge in [0.1, 0.15) is 0 Å². The summed E-state index contributed by atoms with van der Waals surface area (Å²) in [6.45, 7) is 10.6. The summed E-state index contributed by atoms with van der Waals surface area (Å²) in [5.41, 5.74) is 1.21. The van der Waals surface area contributed by atoms with Crippen LogP contribution in [-0.4, -0.2) is 64.3 Å². The molecule has 0 aromatic heterocycles. The summed E-state index contributed by atoms with van der Waals surface area (Å²) >= 11 is 0. The van der Waals surface area contributed by atoms with E-state index >= 15 is 0 Å². The number of nitrogens with one attached hydrogen (secondary N) is 2. The SMILES string of the molecule is CCNC(=NCCC1CCN(CC)CC1)NCCc1ccc(OC)c(OC)c1. The first-order valence-electron chi connectivity index (χ1n) is 10.7. The van der Waals surface area contributed by atoms with Crippen molar-refractivity contribution in [3.63, 3.8) is 0 Å². The summed E-state index contributed by atoms with van der Waals surface area (Å²) in [6, 6.07) is 6.07. The lowest BCUT2D eigenvalue weighted by molar-refractivity contribution is 0.188. The Morgan fingerprint density at radius 2 is 1.86 bits per heavy atom. The highest BCUT2D eigenvalue weighted by Gasteiger charge is 2.17. The maximum Gasteiger partial charge on any atom is 0.191 e. The molecule has 1 saturated heterocycles. The molecule has 1 aliphatic heterocycles. The molecule has 0 atom stereocenters. The number of piperidine rings is 1. The second-order valence-corrected chi connectivity index (χ2v) is 7.29. The van der Waals surface area contributed by atoms with Gasteiger partial charge in [0.15, 0.2) is 17.5 Å². The zero-order valence-electron chi connectivity index (χ0n) is 18.1. The van der Waals surface area contributed by atoms with Crippen LogP contribution in [0.2, 0.25) is 0 Å². The van der Waals surface area contributed by atoms with E-state index in [1.807, 2.05) is 12.1 Å². The maximum atomic E-state index is 5.38. The standard InChI is InChI=1S/C22H38N4O2/c1-5-23-22(24-13-9-18-11-15-26(6-2)16-12-18)25-14-10-19-7-8-20(27-3)21(17-19)28-4/h7-8,17-18H,5-6,9-16H2,1-4H3,(H2,23,24,25). The third-order valence-corrected chi connectivity index (χ3v) is 5.46. The first-order chi connectivity index (χ1) is 13.7. The fourth-order valence-corrected chi connectivity index (χ4v) is 3.65. The largest absolute Gasteiger partial charge is 0.493 e. The van der Waals surface area contributed by atoms with Crippen molar-refractivity contribution in [1.29, 1.82) is 0 Å². The minimum absolute atomic E-state index is 0.763. The van der Waals surface area contributed by atoms with Gasteiger partial charge in [-0.05, 0) is 75.9 Å². The monoisotopic (exact) mass is 390 g/mol. The summed E-state index contributed by atoms with van der Waals surface area (Å²) in [6.07, 6.45) is 4.71. The van der Waals surface area contributed by atoms with Crippen LogP contribution in [0.5, 0.6) is 11.5 Å². The molecule has 6 heteroatoms. The molecule has 2 rings (SSSR count). The summed E-state index contributed by atoms with van der Waals surface area (Å²) in [5.74, 6) is 3.27. The van der Waals surface area contributed by atoms with Gasteiger partial charge in [0.05, 0.1) is 14.2 Å². The number of methoxy groups -OCH3 is 2. The van der Waals surface area contributed by atoms with E-state index in [2.05, 4.69) is 35.4 Å². The number of hydrogen-bond acceptors (Lipinski definition) is 4. The Bertz CT molecular complexity index is 598. The molecular weight excluding hydrogens is 352 g/mol. The molecule has 0 saturated carbocycles. The van der Waals surface area contributed by atoms with Gasteiger partial charge in [-0.2, -0.15) is 0 Å². The molecule has 28 heavy (non-hydrogen) atoms. The van der Waals surface area contributed by atoms with Gasteiger partial charge >= 0.3 is 0 Å². The van der Waals surface area contributed by atoms with E-state index in [4.69, 9.17) is 14.5 Å². The minimum atomic E-state index is 0.763. The summed E-state index contributed by atoms with van der Waals surface area (Å²) in [5, 5.41) is 6.80. The number of aliphatic imine (C=N–C) groups is 1. The van der Waals surface area contributed by atoms with Crippen LogP contribution in [0.1, 0.15) is 38.7 Å². The van der Waals surface area contributed by atoms with E-state index in [0.717, 1.165) is 49.4 Å². The molecule has 0 spiro atoms. The van der Waals surface area contributed by atoms with Gasteiger partial charge in [0.25, 0.3) is 0 Å². The Morgan fingerprint density at radius 1 is 1.11 bits per heavy atom. The second kappa shape index (κ2) is 12.5. The zero-order chi connectivity index (χ0) is 20.2. The van der Waals surface area contributed by atoms with Crippen LogP contribution in [0.25, 0.3) is 0 Å². The highest BCUT2D eigenvalue weighted by atomic mass is 16.5. The molecule has 158 valence electrons. The smallest absolute Gasteiger partial charge is 0.191 e. The predicted octanol–water partition coefficient (Wildman–Crippen LogP) is 2.92. The molecule has 0 unspecified atom stereocenters. The molecule has 1 aliphatic rings. The van der Waals surface area contributed by atoms with Crippen molar-refractivity contribution < 1.29 is 9.47 Å². The number of hydrogen-bond donors (Lipinski definition) is 2. The van der Waals surface area contributed by atoms with Crippen molar-refractivity contribution in [3.8, 4) is 11.5 Å². The van der Waals surface area contributed by atoms with Crippen LogP contribution < -0.4 is 20.1 Å². The van der Waals surface area contributed by atoms with Crippen molar-refractivity contribution in [2.75, 3.05) is 53.5 Å². The summed E-state index contributed by atoms with van der Waals surface area (Å²) < 4.78 is 10.7. The predicted molar refractivity (Wildman–Crippen MR) is 117 cm³/mol. The highest BCUT2D eigenvalue weighted by molar-refractivity contribution is 5.79. The third-order valence-electron chi connectivity index (χ3n) is 5.46. The van der Waals surface area contributed by atoms with Crippen LogP contribution in [0.3, 0.4) is 0 Å². The van der Waals surface area contributed by atoms with Crippen molar-refractivity contribution in [2.24, 2.45) is 10.9 Å². The Hall–Kier alpha value is -1.95. The molecule has 1 aromatic rings. The fraction of sp³-hybridized carbons (Fsp3) is 0.682. The van der Waals surface area contributed by atoms with Crippen LogP contribution in [0.15, 0.2) is 23.2 Å². The van der Waals surface area contributed by atoms with Gasteiger partial charge in [-0.25, -0.2) is 0 Å². The van der Waals surface area contributed by atoms with Gasteiger partial charge in [-0.15, -0.1) is 0 Å². The van der Waals surface area contributed by atoms with E-state index in [9.17, 15) is 0 Å². The number of benzene rings is 1. The Balaban J connectivity index is 1.76. The molecule has 2 N–H and O–H groups in total. The van der Waals surface area contributed by atoms with Crippen molar-refractivity contribution in [2.45, 2.75) is 39.5 Å². The van der Waals surface area contributed by atoms with E-state index in [1.54, 1.807) is 14.2 Å². The Morgan fingerprint density at radius 3 is 2.50 bits per heavy atom. The zero-order valence-corrected chi connectivity index (χ0v) is 18.1. The van der Waals surface area contributed by atoms with Crippen LogP contribution in [-0.2, 0) is 6.42 Å². The molecule has 0 aliphatic carbocycles. The number of guanidine groups is 1. The molecule has 0 radical (unpaired) electrons. The quantitative estimate of drug-likeness (QED) is 0.475. The topological polar surface area (TPSA) is 58.1 Å². The highest BCUT2D eigenvalue weighted by Crippen LogP contribution is 2.27. The summed E-state index contributed by atoms with van der Waals surface area (Å²) in [4.78, 5) is 7.32. The maximum absolute atomic E-state index is 5.38. The molecule has 1 aromatic carbocycles. The van der Waals surface area contributed by atoms with Crippen LogP contribution in [0.4, 0.5) is 0 Å². The van der Waals surface area contributed by atoms with Gasteiger partial charge in [0, 0.05) is 19.6 Å². The fourth-order valence-electron chi connectivity index (χ4n) is 3.65. The molecule has 6 nitrogen and oxygen atoms in total. The average molecular weight is 391 g/mol. The lowest BCUT2D eigenvalue weighted by Crippen LogP contribution is -2.38. The van der Waals surface area contributed by atoms with Crippen molar-refractivity contribution >= 4 is 5.96 Å². The lowest BCUT2D eigenvalue weighted by Gasteiger charge is -2.30. The van der Waals surface area contributed by atoms with Crippen molar-refractivity contribution in [3.05, 3.63) is 23.8 Å². The van der Waals surface area contributed by atoms with E-state index in [1.165, 1.54) is 44.5 Å². The van der Waals surface area contributed by atoms with Gasteiger partial charge in [-0.1, -0.05) is 13.0 Å². The number of likely N-dealkylation sites (tertiary alicyclic amines) is 1. The third kappa shape index (κ3) is 7.23. The van der Waals surface area contributed by atoms with Crippen molar-refractivity contribution in [1.82, 2.24) is 15.5 Å². The molecule has 0 bridgehead atoms. The lowest BCUT2D eigenvalue weighted by atomic mass is 9.94. The van der Waals surface area contributed by atoms with E-state index in [0.29, 0.717) is 0 Å². The number of ether oxygens (including phenoxy) is 2. The van der Waals surface area contributed by atoms with E-state index < -0.39 is 0 Å². The first-order valence-corrected chi connectivity index (χ1v) is 10.7. The molecule has 0 amide bonds. The average Bonchev–Trinajstić information content (AvgIpc) is 2.74. The molecule has 1 fully saturated rings. The number of rotatable bonds is 10. The van der Waals surface area contributed by atoms with Gasteiger partial charge in [-0.3, -0.25) is 4.99 Å². The minimum Gasteiger partial charge on any atom is -0.493 e. The van der Waals surface area contributed by atoms with E-state index in [-0.39, 0.29) is 0 Å². The van der Waals surface area contributed by atoms with Gasteiger partial charge in [0.2, 0.25) is 0 Å². The van der Waals surface area contributed by atoms with Crippen LogP contribution >= 0.6 is 0 Å². The second-order valence-electron chi connectivity index (χ2n) is 7.29. The normalized spacial score (nSPS) is 16.1. The summed E-state index contributed by atoms with van der Waals surface area (Å²) in [7, 11) is 3.33. The Kier molecular flexibility index (Phi) is 9.97.